The molecule has 0 radical (unpaired) electrons. The SMILES string of the molecule is N=C(NO)c1ccc2nc([NH][RaH])ccc2c1. The van der Waals surface area contributed by atoms with Gasteiger partial charge in [-0.25, -0.2) is 0 Å². The zero-order chi connectivity index (χ0) is 11.5. The van der Waals surface area contributed by atoms with Crippen molar-refractivity contribution >= 4 is 22.6 Å². The fraction of sp³-hybridized carbons (Fsp3) is 0. The molecule has 0 aliphatic carbocycles. The van der Waals surface area contributed by atoms with Crippen molar-refractivity contribution in [3.63, 3.8) is 0 Å². The van der Waals surface area contributed by atoms with E-state index in [1.54, 1.807) is 6.07 Å². The second-order valence-electron chi connectivity index (χ2n) is 3.34. The van der Waals surface area contributed by atoms with Crippen LogP contribution >= 0.6 is 0 Å². The second-order valence-corrected chi connectivity index (χ2v) is 5.40. The van der Waals surface area contributed by atoms with Gasteiger partial charge in [0.1, 0.15) is 0 Å². The third-order valence-electron chi connectivity index (χ3n) is 2.35. The summed E-state index contributed by atoms with van der Waals surface area (Å²) in [7, 11) is 0. The Hall–Kier alpha value is -0.672. The van der Waals surface area contributed by atoms with E-state index in [0.29, 0.717) is 5.56 Å². The van der Waals surface area contributed by atoms with Crippen LogP contribution in [0, 0.1) is 48.6 Å². The fourth-order valence-corrected chi connectivity index (χ4v) is 2.63. The number of rotatable bonds is 2. The van der Waals surface area contributed by atoms with Gasteiger partial charge in [-0.05, 0) is 0 Å². The molecule has 4 N–H and O–H groups in total. The number of hydroxylamine groups is 1. The maximum atomic E-state index is 8.65. The number of hydrogen-bond acceptors (Lipinski definition) is 4. The van der Waals surface area contributed by atoms with Gasteiger partial charge >= 0.3 is 124 Å². The molecule has 16 heavy (non-hydrogen) atoms. The molecule has 0 amide bonds. The van der Waals surface area contributed by atoms with Crippen LogP contribution in [0.5, 0.6) is 0 Å². The van der Waals surface area contributed by atoms with E-state index in [9.17, 15) is 0 Å². The number of anilines is 1. The molecule has 0 fully saturated rings. The summed E-state index contributed by atoms with van der Waals surface area (Å²) in [5.41, 5.74) is 3.35. The number of aromatic nitrogens is 1. The molecule has 0 unspecified atom stereocenters. The first kappa shape index (κ1) is 11.8. The van der Waals surface area contributed by atoms with Gasteiger partial charge in [-0.1, -0.05) is 0 Å². The normalized spacial score (nSPS) is 10.0. The minimum atomic E-state index is -0.0168. The molecule has 0 saturated carbocycles. The van der Waals surface area contributed by atoms with E-state index in [1.807, 2.05) is 29.7 Å². The molecule has 0 saturated heterocycles. The summed E-state index contributed by atoms with van der Waals surface area (Å²) in [6.07, 6.45) is 0. The summed E-state index contributed by atoms with van der Waals surface area (Å²) in [5.74, 6) is 0.887. The van der Waals surface area contributed by atoms with E-state index in [2.05, 4.69) is 5.83 Å². The molecule has 1 aromatic heterocycles. The van der Waals surface area contributed by atoms with Crippen LogP contribution in [0.4, 0.5) is 5.82 Å². The number of nitrogens with one attached hydrogen (secondary N) is 3. The van der Waals surface area contributed by atoms with Crippen LogP contribution in [-0.4, -0.2) is 16.0 Å². The average molecular weight is 428 g/mol. The van der Waals surface area contributed by atoms with Crippen molar-refractivity contribution in [1.29, 1.82) is 5.41 Å². The molecule has 2 rings (SSSR count). The van der Waals surface area contributed by atoms with E-state index in [-0.39, 0.29) is 49.0 Å². The van der Waals surface area contributed by atoms with Gasteiger partial charge < -0.3 is 0 Å². The fourth-order valence-electron chi connectivity index (χ4n) is 1.48. The van der Waals surface area contributed by atoms with Crippen LogP contribution in [-0.2, 0) is 0 Å². The molecule has 5 nitrogen and oxygen atoms in total. The predicted molar refractivity (Wildman–Crippen MR) is 58.5 cm³/mol. The summed E-state index contributed by atoms with van der Waals surface area (Å²) in [6.45, 7) is 0. The number of hydrogen-bond donors (Lipinski definition) is 4. The van der Waals surface area contributed by atoms with Gasteiger partial charge in [0.15, 0.2) is 0 Å². The van der Waals surface area contributed by atoms with Crippen LogP contribution in [0.3, 0.4) is 0 Å². The Bertz CT molecular complexity index is 543. The summed E-state index contributed by atoms with van der Waals surface area (Å²) in [5, 5.41) is 17.1. The van der Waals surface area contributed by atoms with E-state index >= 15 is 0 Å². The van der Waals surface area contributed by atoms with E-state index < -0.39 is 0 Å². The van der Waals surface area contributed by atoms with Gasteiger partial charge in [0.05, 0.1) is 0 Å². The van der Waals surface area contributed by atoms with Gasteiger partial charge in [-0.3, -0.25) is 0 Å². The van der Waals surface area contributed by atoms with Gasteiger partial charge in [0.2, 0.25) is 0 Å². The van der Waals surface area contributed by atoms with Gasteiger partial charge in [-0.2, -0.15) is 0 Å². The van der Waals surface area contributed by atoms with Gasteiger partial charge in [0.25, 0.3) is 0 Å². The van der Waals surface area contributed by atoms with Gasteiger partial charge in [0, 0.05) is 0 Å². The van der Waals surface area contributed by atoms with Crippen LogP contribution in [0.2, 0.25) is 0 Å². The minimum absolute atomic E-state index is 0.0168. The van der Waals surface area contributed by atoms with Gasteiger partial charge in [-0.15, -0.1) is 0 Å². The Morgan fingerprint density at radius 1 is 1.31 bits per heavy atom. The number of nitrogens with zero attached hydrogens (tertiary/aromatic N) is 1. The van der Waals surface area contributed by atoms with Crippen LogP contribution in [0.15, 0.2) is 30.3 Å². The van der Waals surface area contributed by atoms with Crippen molar-refractivity contribution in [2.24, 2.45) is 0 Å². The molecule has 1 aromatic carbocycles. The predicted octanol–water partition coefficient (Wildman–Crippen LogP) is 1.15. The Labute approximate surface area is 122 Å². The first-order valence-corrected chi connectivity index (χ1v) is 8.93. The molecular formula is C10H10N4ORa. The quantitative estimate of drug-likeness (QED) is 0.329. The second kappa shape index (κ2) is 5.10. The number of fused-ring (bicyclic) bond motifs is 1. The summed E-state index contributed by atoms with van der Waals surface area (Å²) < 4.78 is 3.19. The molecule has 78 valence electrons. The molecule has 0 spiro atoms. The zero-order valence-electron chi connectivity index (χ0n) is 8.78. The average Bonchev–Trinajstić information content (AvgIpc) is 2.36. The number of amidine groups is 1. The van der Waals surface area contributed by atoms with Crippen LogP contribution < -0.4 is 6.33 Å². The van der Waals surface area contributed by atoms with E-state index in [0.717, 1.165) is 16.7 Å². The summed E-state index contributed by atoms with van der Waals surface area (Å²) in [6, 6.07) is 9.29. The molecule has 0 aliphatic rings. The van der Waals surface area contributed by atoms with Crippen molar-refractivity contribution in [3.05, 3.63) is 35.9 Å². The first-order valence-electron chi connectivity index (χ1n) is 4.82. The first-order chi connectivity index (χ1) is 7.74. The number of pyridine rings is 1. The monoisotopic (exact) mass is 428 g/mol. The molecule has 2 aromatic rings. The summed E-state index contributed by atoms with van der Waals surface area (Å²) >= 11 is 0.235. The van der Waals surface area contributed by atoms with E-state index in [1.165, 1.54) is 0 Å². The van der Waals surface area contributed by atoms with E-state index in [4.69, 9.17) is 10.6 Å². The van der Waals surface area contributed by atoms with Crippen molar-refractivity contribution < 1.29 is 48.4 Å². The van der Waals surface area contributed by atoms with Crippen LogP contribution in [0.1, 0.15) is 5.56 Å². The Kier molecular flexibility index (Phi) is 3.77. The number of benzene rings is 1. The molecule has 0 bridgehead atoms. The molecular weight excluding hydrogens is 418 g/mol. The molecule has 6 heteroatoms. The zero-order valence-corrected chi connectivity index (χ0v) is 17.0. The topological polar surface area (TPSA) is 81.0 Å². The molecule has 0 aliphatic heterocycles. The van der Waals surface area contributed by atoms with Crippen molar-refractivity contribution in [2.75, 3.05) is 0.848 Å². The van der Waals surface area contributed by atoms with Crippen LogP contribution in [0.25, 0.3) is 10.9 Å². The van der Waals surface area contributed by atoms with Crippen molar-refractivity contribution in [3.8, 4) is 0 Å². The molecule has 0 atom stereocenters. The molecule has 1 heterocycles. The summed E-state index contributed by atoms with van der Waals surface area (Å²) in [4.78, 5) is 4.41. The Morgan fingerprint density at radius 2 is 2.12 bits per heavy atom. The third-order valence-corrected chi connectivity index (χ3v) is 4.45. The Morgan fingerprint density at radius 3 is 2.81 bits per heavy atom. The van der Waals surface area contributed by atoms with Crippen molar-refractivity contribution in [2.45, 2.75) is 0 Å². The standard InChI is InChI=1S/C10H9N4O.Ra.H/c11-9-4-2-6-5-7(10(12)14-15)1-3-8(6)13-9;;/h1-5H,(H4-,11,12,13,14,15);;/q-1;+1;. The third kappa shape index (κ3) is 2.35. The van der Waals surface area contributed by atoms with Crippen molar-refractivity contribution in [1.82, 2.24) is 10.5 Å². The maximum absolute atomic E-state index is 8.65. The Balaban J connectivity index is 2.51.